The van der Waals surface area contributed by atoms with E-state index < -0.39 is 0 Å². The Labute approximate surface area is 165 Å². The molecule has 0 bridgehead atoms. The molecule has 0 spiro atoms. The molecule has 3 aromatic rings. The summed E-state index contributed by atoms with van der Waals surface area (Å²) in [5, 5.41) is 0. The van der Waals surface area contributed by atoms with Crippen molar-refractivity contribution < 1.29 is 4.79 Å². The van der Waals surface area contributed by atoms with E-state index in [9.17, 15) is 4.79 Å². The molecule has 0 unspecified atom stereocenters. The molecule has 0 fully saturated rings. The van der Waals surface area contributed by atoms with Crippen LogP contribution in [0, 0.1) is 0 Å². The molecule has 0 heterocycles. The summed E-state index contributed by atoms with van der Waals surface area (Å²) in [5.74, 6) is 0.749. The third-order valence-electron chi connectivity index (χ3n) is 4.35. The van der Waals surface area contributed by atoms with Crippen molar-refractivity contribution in [2.45, 2.75) is 11.7 Å². The van der Waals surface area contributed by atoms with E-state index >= 15 is 0 Å². The first-order chi connectivity index (χ1) is 13.2. The number of carbonyl (C=O) groups is 1. The fourth-order valence-corrected chi connectivity index (χ4v) is 4.63. The Morgan fingerprint density at radius 1 is 0.778 bits per heavy atom. The summed E-state index contributed by atoms with van der Waals surface area (Å²) >= 11 is 1.87. The highest BCUT2D eigenvalue weighted by molar-refractivity contribution is 8.00. The molecule has 0 aliphatic rings. The Bertz CT molecular complexity index is 741. The topological polar surface area (TPSA) is 41.1 Å². The number of rotatable bonds is 8. The molecule has 3 aromatic carbocycles. The van der Waals surface area contributed by atoms with Crippen molar-refractivity contribution >= 4 is 17.7 Å². The van der Waals surface area contributed by atoms with Gasteiger partial charge in [0.1, 0.15) is 0 Å². The normalized spacial score (nSPS) is 11.1. The number of hydrogen-bond donors (Lipinski definition) is 2. The molecule has 2 N–H and O–H groups in total. The fraction of sp³-hybridized carbons (Fsp3) is 0.174. The predicted octanol–water partition coefficient (Wildman–Crippen LogP) is 4.35. The third kappa shape index (κ3) is 4.59. The van der Waals surface area contributed by atoms with Gasteiger partial charge in [0.25, 0.3) is 0 Å². The van der Waals surface area contributed by atoms with Crippen molar-refractivity contribution in [3.05, 3.63) is 108 Å². The second-order valence-corrected chi connectivity index (χ2v) is 7.54. The number of carbonyl (C=O) groups excluding carboxylic acids is 1. The van der Waals surface area contributed by atoms with Gasteiger partial charge in [-0.2, -0.15) is 0 Å². The van der Waals surface area contributed by atoms with E-state index in [0.29, 0.717) is 6.54 Å². The van der Waals surface area contributed by atoms with E-state index in [1.807, 2.05) is 30.0 Å². The zero-order valence-corrected chi connectivity index (χ0v) is 16.2. The second kappa shape index (κ2) is 9.40. The number of benzene rings is 3. The molecule has 0 aliphatic carbocycles. The van der Waals surface area contributed by atoms with Gasteiger partial charge in [0.05, 0.1) is 4.75 Å². The lowest BCUT2D eigenvalue weighted by Crippen LogP contribution is -2.37. The molecule has 0 saturated heterocycles. The summed E-state index contributed by atoms with van der Waals surface area (Å²) in [6, 6.07) is 31.8. The Morgan fingerprint density at radius 3 is 1.56 bits per heavy atom. The predicted molar refractivity (Wildman–Crippen MR) is 113 cm³/mol. The van der Waals surface area contributed by atoms with Crippen LogP contribution in [0.1, 0.15) is 23.6 Å². The first kappa shape index (κ1) is 19.2. The van der Waals surface area contributed by atoms with Crippen LogP contribution in [0.5, 0.6) is 0 Å². The Morgan fingerprint density at radius 2 is 1.19 bits per heavy atom. The van der Waals surface area contributed by atoms with Gasteiger partial charge in [0.15, 0.2) is 0 Å². The molecule has 0 aromatic heterocycles. The van der Waals surface area contributed by atoms with Crippen LogP contribution in [0.15, 0.2) is 91.0 Å². The van der Waals surface area contributed by atoms with Gasteiger partial charge in [0, 0.05) is 19.2 Å². The molecule has 1 amide bonds. The molecule has 3 rings (SSSR count). The van der Waals surface area contributed by atoms with Gasteiger partial charge in [-0.25, -0.2) is 5.43 Å². The van der Waals surface area contributed by atoms with E-state index in [1.54, 1.807) is 0 Å². The summed E-state index contributed by atoms with van der Waals surface area (Å²) in [7, 11) is 0. The molecule has 138 valence electrons. The van der Waals surface area contributed by atoms with E-state index in [1.165, 1.54) is 23.6 Å². The number of thioether (sulfide) groups is 1. The average Bonchev–Trinajstić information content (AvgIpc) is 2.73. The molecular weight excluding hydrogens is 352 g/mol. The summed E-state index contributed by atoms with van der Waals surface area (Å²) in [6.45, 7) is 2.18. The van der Waals surface area contributed by atoms with Crippen LogP contribution >= 0.6 is 11.8 Å². The number of hydrazine groups is 1. The summed E-state index contributed by atoms with van der Waals surface area (Å²) in [6.07, 6.45) is 0. The lowest BCUT2D eigenvalue weighted by Gasteiger charge is -2.35. The van der Waals surface area contributed by atoms with E-state index in [4.69, 9.17) is 0 Å². The van der Waals surface area contributed by atoms with Gasteiger partial charge in [0.2, 0.25) is 5.91 Å². The molecule has 27 heavy (non-hydrogen) atoms. The maximum Gasteiger partial charge on any atom is 0.230 e. The van der Waals surface area contributed by atoms with Crippen LogP contribution in [0.2, 0.25) is 0 Å². The standard InChI is InChI=1S/C23H24N2OS/c1-19(26)25-24-17-18-27-23(20-11-5-2-6-12-20,21-13-7-3-8-14-21)22-15-9-4-10-16-22/h2-16,24H,17-18H2,1H3,(H,25,26). The minimum absolute atomic E-state index is 0.0829. The Hall–Kier alpha value is -2.56. The zero-order chi connectivity index (χ0) is 19.0. The smallest absolute Gasteiger partial charge is 0.230 e. The molecule has 0 saturated carbocycles. The zero-order valence-electron chi connectivity index (χ0n) is 15.4. The monoisotopic (exact) mass is 376 g/mol. The van der Waals surface area contributed by atoms with E-state index in [2.05, 4.69) is 83.6 Å². The highest BCUT2D eigenvalue weighted by Gasteiger charge is 2.36. The molecule has 3 nitrogen and oxygen atoms in total. The summed E-state index contributed by atoms with van der Waals surface area (Å²) in [4.78, 5) is 11.1. The van der Waals surface area contributed by atoms with Gasteiger partial charge in [-0.1, -0.05) is 91.0 Å². The van der Waals surface area contributed by atoms with Gasteiger partial charge in [-0.05, 0) is 16.7 Å². The highest BCUT2D eigenvalue weighted by Crippen LogP contribution is 2.48. The summed E-state index contributed by atoms with van der Waals surface area (Å²) < 4.78 is -0.318. The van der Waals surface area contributed by atoms with Crippen molar-refractivity contribution in [3.63, 3.8) is 0 Å². The number of nitrogens with one attached hydrogen (secondary N) is 2. The van der Waals surface area contributed by atoms with Crippen molar-refractivity contribution in [1.82, 2.24) is 10.9 Å². The Kier molecular flexibility index (Phi) is 6.69. The average molecular weight is 377 g/mol. The SMILES string of the molecule is CC(=O)NNCCSC(c1ccccc1)(c1ccccc1)c1ccccc1. The number of hydrogen-bond acceptors (Lipinski definition) is 3. The van der Waals surface area contributed by atoms with Crippen LogP contribution in [0.3, 0.4) is 0 Å². The number of amides is 1. The minimum atomic E-state index is -0.318. The fourth-order valence-electron chi connectivity index (χ4n) is 3.21. The van der Waals surface area contributed by atoms with E-state index in [0.717, 1.165) is 5.75 Å². The quantitative estimate of drug-likeness (QED) is 0.349. The molecule has 0 radical (unpaired) electrons. The largest absolute Gasteiger partial charge is 0.292 e. The first-order valence-corrected chi connectivity index (χ1v) is 10.0. The van der Waals surface area contributed by atoms with Crippen LogP contribution in [-0.4, -0.2) is 18.2 Å². The highest BCUT2D eigenvalue weighted by atomic mass is 32.2. The molecular formula is C23H24N2OS. The van der Waals surface area contributed by atoms with Crippen LogP contribution in [-0.2, 0) is 9.54 Å². The lowest BCUT2D eigenvalue weighted by atomic mass is 9.84. The van der Waals surface area contributed by atoms with Gasteiger partial charge in [-0.15, -0.1) is 11.8 Å². The van der Waals surface area contributed by atoms with Crippen LogP contribution < -0.4 is 10.9 Å². The van der Waals surface area contributed by atoms with Gasteiger partial charge in [-0.3, -0.25) is 10.2 Å². The van der Waals surface area contributed by atoms with Crippen LogP contribution in [0.4, 0.5) is 0 Å². The van der Waals surface area contributed by atoms with Crippen molar-refractivity contribution in [2.24, 2.45) is 0 Å². The molecule has 4 heteroatoms. The Balaban J connectivity index is 2.02. The maximum absolute atomic E-state index is 11.1. The van der Waals surface area contributed by atoms with Gasteiger partial charge < -0.3 is 0 Å². The van der Waals surface area contributed by atoms with E-state index in [-0.39, 0.29) is 10.7 Å². The van der Waals surface area contributed by atoms with Crippen molar-refractivity contribution in [3.8, 4) is 0 Å². The van der Waals surface area contributed by atoms with Crippen LogP contribution in [0.25, 0.3) is 0 Å². The maximum atomic E-state index is 11.1. The molecule has 0 aliphatic heterocycles. The van der Waals surface area contributed by atoms with Crippen molar-refractivity contribution in [2.75, 3.05) is 12.3 Å². The van der Waals surface area contributed by atoms with Gasteiger partial charge >= 0.3 is 0 Å². The summed E-state index contributed by atoms with van der Waals surface area (Å²) in [5.41, 5.74) is 9.37. The molecule has 0 atom stereocenters. The first-order valence-electron chi connectivity index (χ1n) is 9.03. The van der Waals surface area contributed by atoms with Crippen molar-refractivity contribution in [1.29, 1.82) is 0 Å². The third-order valence-corrected chi connectivity index (χ3v) is 5.90. The second-order valence-electron chi connectivity index (χ2n) is 6.24. The minimum Gasteiger partial charge on any atom is -0.292 e. The lowest BCUT2D eigenvalue weighted by molar-refractivity contribution is -0.119.